The highest BCUT2D eigenvalue weighted by atomic mass is 16.1. The van der Waals surface area contributed by atoms with Gasteiger partial charge in [0.25, 0.3) is 0 Å². The molecular weight excluding hydrogens is 308 g/mol. The number of allylic oxidation sites excluding steroid dienone is 1. The third-order valence-corrected chi connectivity index (χ3v) is 4.15. The zero-order valence-corrected chi connectivity index (χ0v) is 13.6. The number of Topliss-reactive ketones (excluding diaryl/α,β-unsaturated/α-hetero) is 1. The first-order valence-electron chi connectivity index (χ1n) is 8.20. The van der Waals surface area contributed by atoms with E-state index in [1.54, 1.807) is 0 Å². The van der Waals surface area contributed by atoms with Crippen LogP contribution in [0.3, 0.4) is 0 Å². The summed E-state index contributed by atoms with van der Waals surface area (Å²) in [5.41, 5.74) is 3.54. The molecule has 2 aromatic carbocycles. The van der Waals surface area contributed by atoms with Gasteiger partial charge >= 0.3 is 0 Å². The van der Waals surface area contributed by atoms with Crippen LogP contribution < -0.4 is 0 Å². The molecule has 4 aromatic rings. The maximum atomic E-state index is 11.6. The number of hydrogen-bond donors (Lipinski definition) is 0. The van der Waals surface area contributed by atoms with Crippen LogP contribution in [0.4, 0.5) is 0 Å². The van der Waals surface area contributed by atoms with Gasteiger partial charge in [-0.05, 0) is 30.3 Å². The van der Waals surface area contributed by atoms with Gasteiger partial charge in [0.1, 0.15) is 0 Å². The SMILES string of the molecule is O=C1CC=Cc2nc3ccccc3cc21.c1ccc2ncccc2c1. The van der Waals surface area contributed by atoms with Crippen molar-refractivity contribution in [3.63, 3.8) is 0 Å². The van der Waals surface area contributed by atoms with E-state index in [1.165, 1.54) is 5.39 Å². The number of carbonyl (C=O) groups excluding carboxylic acids is 1. The van der Waals surface area contributed by atoms with Crippen LogP contribution in [0.25, 0.3) is 27.9 Å². The lowest BCUT2D eigenvalue weighted by Gasteiger charge is -2.09. The summed E-state index contributed by atoms with van der Waals surface area (Å²) < 4.78 is 0. The minimum atomic E-state index is 0.158. The number of benzene rings is 2. The number of hydrogen-bond acceptors (Lipinski definition) is 3. The van der Waals surface area contributed by atoms with Crippen molar-refractivity contribution in [3.05, 3.63) is 90.3 Å². The fourth-order valence-electron chi connectivity index (χ4n) is 2.88. The van der Waals surface area contributed by atoms with Crippen molar-refractivity contribution >= 4 is 33.7 Å². The van der Waals surface area contributed by atoms with Crippen LogP contribution in [0.1, 0.15) is 22.5 Å². The predicted molar refractivity (Wildman–Crippen MR) is 101 cm³/mol. The molecule has 2 heterocycles. The van der Waals surface area contributed by atoms with E-state index >= 15 is 0 Å². The molecule has 2 aromatic heterocycles. The largest absolute Gasteiger partial charge is 0.294 e. The molecule has 0 saturated heterocycles. The first-order valence-corrected chi connectivity index (χ1v) is 8.20. The molecule has 0 fully saturated rings. The second kappa shape index (κ2) is 6.65. The van der Waals surface area contributed by atoms with E-state index in [-0.39, 0.29) is 5.78 Å². The zero-order chi connectivity index (χ0) is 17.1. The summed E-state index contributed by atoms with van der Waals surface area (Å²) in [5, 5.41) is 2.23. The number of para-hydroxylation sites is 2. The first-order chi connectivity index (χ1) is 12.3. The molecule has 0 aliphatic heterocycles. The van der Waals surface area contributed by atoms with Gasteiger partial charge in [0, 0.05) is 29.0 Å². The Balaban J connectivity index is 0.000000136. The number of carbonyl (C=O) groups is 1. The predicted octanol–water partition coefficient (Wildman–Crippen LogP) is 5.07. The molecule has 0 unspecified atom stereocenters. The molecule has 1 aliphatic carbocycles. The first kappa shape index (κ1) is 15.2. The van der Waals surface area contributed by atoms with Gasteiger partial charge in [-0.3, -0.25) is 9.78 Å². The summed E-state index contributed by atoms with van der Waals surface area (Å²) in [7, 11) is 0. The summed E-state index contributed by atoms with van der Waals surface area (Å²) in [6.07, 6.45) is 6.09. The lowest BCUT2D eigenvalue weighted by atomic mass is 9.99. The van der Waals surface area contributed by atoms with Crippen LogP contribution in [0.15, 0.2) is 79.0 Å². The zero-order valence-electron chi connectivity index (χ0n) is 13.6. The Morgan fingerprint density at radius 2 is 1.52 bits per heavy atom. The number of fused-ring (bicyclic) bond motifs is 3. The van der Waals surface area contributed by atoms with Crippen LogP contribution in [-0.2, 0) is 0 Å². The second-order valence-corrected chi connectivity index (χ2v) is 5.84. The molecule has 1 aliphatic rings. The summed E-state index contributed by atoms with van der Waals surface area (Å²) in [5.74, 6) is 0.158. The van der Waals surface area contributed by atoms with Gasteiger partial charge in [-0.1, -0.05) is 48.5 Å². The lowest BCUT2D eigenvalue weighted by Crippen LogP contribution is -2.06. The van der Waals surface area contributed by atoms with E-state index < -0.39 is 0 Å². The third-order valence-electron chi connectivity index (χ3n) is 4.15. The minimum Gasteiger partial charge on any atom is -0.294 e. The van der Waals surface area contributed by atoms with E-state index in [9.17, 15) is 4.79 Å². The van der Waals surface area contributed by atoms with Crippen molar-refractivity contribution in [2.45, 2.75) is 6.42 Å². The molecule has 3 heteroatoms. The quantitative estimate of drug-likeness (QED) is 0.453. The molecule has 0 atom stereocenters. The van der Waals surface area contributed by atoms with Gasteiger partial charge in [-0.25, -0.2) is 4.98 Å². The molecule has 25 heavy (non-hydrogen) atoms. The maximum absolute atomic E-state index is 11.6. The number of aromatic nitrogens is 2. The number of rotatable bonds is 0. The van der Waals surface area contributed by atoms with Crippen LogP contribution in [0.2, 0.25) is 0 Å². The topological polar surface area (TPSA) is 42.9 Å². The van der Waals surface area contributed by atoms with Crippen LogP contribution in [-0.4, -0.2) is 15.8 Å². The average Bonchev–Trinajstić information content (AvgIpc) is 2.68. The van der Waals surface area contributed by atoms with Crippen molar-refractivity contribution in [2.24, 2.45) is 0 Å². The molecule has 0 radical (unpaired) electrons. The summed E-state index contributed by atoms with van der Waals surface area (Å²) in [6, 6.07) is 21.9. The van der Waals surface area contributed by atoms with Gasteiger partial charge in [0.2, 0.25) is 0 Å². The third kappa shape index (κ3) is 3.17. The Bertz CT molecular complexity index is 1030. The minimum absolute atomic E-state index is 0.158. The Morgan fingerprint density at radius 1 is 0.800 bits per heavy atom. The van der Waals surface area contributed by atoms with Gasteiger partial charge in [-0.15, -0.1) is 0 Å². The monoisotopic (exact) mass is 324 g/mol. The number of ketones is 1. The summed E-state index contributed by atoms with van der Waals surface area (Å²) >= 11 is 0. The Hall–Kier alpha value is -3.33. The summed E-state index contributed by atoms with van der Waals surface area (Å²) in [4.78, 5) is 20.3. The van der Waals surface area contributed by atoms with Crippen molar-refractivity contribution in [2.75, 3.05) is 0 Å². The van der Waals surface area contributed by atoms with Gasteiger partial charge < -0.3 is 0 Å². The molecule has 5 rings (SSSR count). The van der Waals surface area contributed by atoms with Gasteiger partial charge in [0.05, 0.1) is 16.7 Å². The van der Waals surface area contributed by atoms with Gasteiger partial charge in [0.15, 0.2) is 5.78 Å². The second-order valence-electron chi connectivity index (χ2n) is 5.84. The highest BCUT2D eigenvalue weighted by Gasteiger charge is 2.14. The van der Waals surface area contributed by atoms with E-state index in [4.69, 9.17) is 0 Å². The lowest BCUT2D eigenvalue weighted by molar-refractivity contribution is 0.0994. The smallest absolute Gasteiger partial charge is 0.168 e. The molecule has 0 spiro atoms. The van der Waals surface area contributed by atoms with Crippen LogP contribution in [0, 0.1) is 0 Å². The Morgan fingerprint density at radius 3 is 2.36 bits per heavy atom. The van der Waals surface area contributed by atoms with E-state index in [1.807, 2.05) is 72.9 Å². The molecule has 0 amide bonds. The van der Waals surface area contributed by atoms with Crippen molar-refractivity contribution in [1.29, 1.82) is 0 Å². The average molecular weight is 324 g/mol. The normalized spacial score (nSPS) is 12.6. The van der Waals surface area contributed by atoms with Crippen molar-refractivity contribution in [3.8, 4) is 0 Å². The number of pyridine rings is 2. The number of nitrogens with zero attached hydrogens (tertiary/aromatic N) is 2. The fraction of sp³-hybridized carbons (Fsp3) is 0.0455. The van der Waals surface area contributed by atoms with E-state index in [2.05, 4.69) is 22.1 Å². The molecule has 0 N–H and O–H groups in total. The Kier molecular flexibility index (Phi) is 4.05. The maximum Gasteiger partial charge on any atom is 0.168 e. The fourth-order valence-corrected chi connectivity index (χ4v) is 2.88. The van der Waals surface area contributed by atoms with Gasteiger partial charge in [-0.2, -0.15) is 0 Å². The molecular formula is C22H16N2O. The van der Waals surface area contributed by atoms with Crippen molar-refractivity contribution < 1.29 is 4.79 Å². The van der Waals surface area contributed by atoms with E-state index in [0.29, 0.717) is 6.42 Å². The van der Waals surface area contributed by atoms with E-state index in [0.717, 1.165) is 27.7 Å². The highest BCUT2D eigenvalue weighted by Crippen LogP contribution is 2.22. The molecule has 3 nitrogen and oxygen atoms in total. The highest BCUT2D eigenvalue weighted by molar-refractivity contribution is 6.04. The van der Waals surface area contributed by atoms with Crippen molar-refractivity contribution in [1.82, 2.24) is 9.97 Å². The molecule has 120 valence electrons. The van der Waals surface area contributed by atoms with Crippen LogP contribution in [0.5, 0.6) is 0 Å². The Labute approximate surface area is 145 Å². The standard InChI is InChI=1S/C13H9NO.C9H7N/c15-13-7-3-6-12-10(13)8-9-4-1-2-5-11(9)14-12;1-2-6-9-8(4-1)5-3-7-10-9/h1-6,8H,7H2;1-7H. The van der Waals surface area contributed by atoms with Crippen LogP contribution >= 0.6 is 0 Å². The molecule has 0 bridgehead atoms. The molecule has 0 saturated carbocycles. The summed E-state index contributed by atoms with van der Waals surface area (Å²) in [6.45, 7) is 0.